The van der Waals surface area contributed by atoms with Crippen LogP contribution in [0.3, 0.4) is 0 Å². The average Bonchev–Trinajstić information content (AvgIpc) is 2.61. The first-order valence-corrected chi connectivity index (χ1v) is 7.90. The Hall–Kier alpha value is -2.73. The summed E-state index contributed by atoms with van der Waals surface area (Å²) in [6, 6.07) is 6.94. The van der Waals surface area contributed by atoms with Gasteiger partial charge in [0.1, 0.15) is 6.23 Å². The molecule has 0 saturated carbocycles. The summed E-state index contributed by atoms with van der Waals surface area (Å²) >= 11 is 0. The molecule has 1 aromatic carbocycles. The second-order valence-electron chi connectivity index (χ2n) is 5.64. The number of aromatic nitrogens is 1. The Balaban J connectivity index is 1.98. The van der Waals surface area contributed by atoms with Crippen LogP contribution in [0, 0.1) is 5.41 Å². The second kappa shape index (κ2) is 7.23. The van der Waals surface area contributed by atoms with Crippen LogP contribution in [0.2, 0.25) is 0 Å². The molecule has 124 valence electrons. The third-order valence-corrected chi connectivity index (χ3v) is 4.03. The van der Waals surface area contributed by atoms with Crippen molar-refractivity contribution in [2.45, 2.75) is 25.5 Å². The minimum absolute atomic E-state index is 0.0894. The van der Waals surface area contributed by atoms with E-state index in [0.717, 1.165) is 37.1 Å². The van der Waals surface area contributed by atoms with Crippen molar-refractivity contribution in [3.63, 3.8) is 0 Å². The molecule has 1 atom stereocenters. The number of carboxylic acid groups (broad SMARTS) is 1. The lowest BCUT2D eigenvalue weighted by Gasteiger charge is -2.26. The molecule has 1 unspecified atom stereocenters. The fourth-order valence-corrected chi connectivity index (χ4v) is 2.84. The second-order valence-corrected chi connectivity index (χ2v) is 5.64. The van der Waals surface area contributed by atoms with Crippen molar-refractivity contribution >= 4 is 28.8 Å². The van der Waals surface area contributed by atoms with Crippen LogP contribution in [0.4, 0.5) is 0 Å². The molecule has 1 aliphatic rings. The molecule has 0 aliphatic carbocycles. The lowest BCUT2D eigenvalue weighted by molar-refractivity contribution is 0.00533. The third-order valence-electron chi connectivity index (χ3n) is 4.03. The number of hydrogen-bond acceptors (Lipinski definition) is 5. The van der Waals surface area contributed by atoms with Gasteiger partial charge in [-0.25, -0.2) is 4.79 Å². The van der Waals surface area contributed by atoms with Crippen LogP contribution < -0.4 is 5.32 Å². The van der Waals surface area contributed by atoms with Crippen molar-refractivity contribution in [3.05, 3.63) is 47.7 Å². The van der Waals surface area contributed by atoms with Gasteiger partial charge in [-0.15, -0.1) is 0 Å². The van der Waals surface area contributed by atoms with Gasteiger partial charge in [0.05, 0.1) is 11.1 Å². The van der Waals surface area contributed by atoms with E-state index in [1.807, 2.05) is 6.07 Å². The van der Waals surface area contributed by atoms with Crippen LogP contribution in [0.15, 0.2) is 36.5 Å². The van der Waals surface area contributed by atoms with Gasteiger partial charge < -0.3 is 20.6 Å². The molecule has 3 rings (SSSR count). The molecule has 24 heavy (non-hydrogen) atoms. The zero-order valence-corrected chi connectivity index (χ0v) is 13.2. The third kappa shape index (κ3) is 3.44. The first-order valence-electron chi connectivity index (χ1n) is 7.90. The fourth-order valence-electron chi connectivity index (χ4n) is 2.84. The Kier molecular flexibility index (Phi) is 4.86. The van der Waals surface area contributed by atoms with Crippen LogP contribution >= 0.6 is 0 Å². The molecule has 2 heterocycles. The maximum absolute atomic E-state index is 11.4. The van der Waals surface area contributed by atoms with Gasteiger partial charge in [0.25, 0.3) is 0 Å². The molecular formula is C18H19N3O3. The summed E-state index contributed by atoms with van der Waals surface area (Å²) in [6.45, 7) is 0.723. The molecule has 0 spiro atoms. The SMILES string of the molecule is N=C/C=C(\NC1CCCCO1)c1ccc2nccc(C(=O)O)c2c1. The monoisotopic (exact) mass is 325 g/mol. The molecule has 1 fully saturated rings. The van der Waals surface area contributed by atoms with E-state index >= 15 is 0 Å². The fraction of sp³-hybridized carbons (Fsp3) is 0.278. The Labute approximate surface area is 139 Å². The van der Waals surface area contributed by atoms with E-state index in [2.05, 4.69) is 10.3 Å². The highest BCUT2D eigenvalue weighted by Gasteiger charge is 2.16. The zero-order valence-electron chi connectivity index (χ0n) is 13.2. The molecule has 1 aromatic heterocycles. The highest BCUT2D eigenvalue weighted by atomic mass is 16.5. The molecule has 0 radical (unpaired) electrons. The van der Waals surface area contributed by atoms with Crippen molar-refractivity contribution in [2.24, 2.45) is 0 Å². The predicted octanol–water partition coefficient (Wildman–Crippen LogP) is 3.04. The number of nitrogens with one attached hydrogen (secondary N) is 2. The Morgan fingerprint density at radius 3 is 2.96 bits per heavy atom. The minimum Gasteiger partial charge on any atom is -0.478 e. The van der Waals surface area contributed by atoms with Gasteiger partial charge in [-0.3, -0.25) is 4.98 Å². The number of benzene rings is 1. The number of rotatable bonds is 5. The lowest BCUT2D eigenvalue weighted by atomic mass is 10.0. The van der Waals surface area contributed by atoms with Gasteiger partial charge >= 0.3 is 5.97 Å². The van der Waals surface area contributed by atoms with Crippen LogP contribution in [-0.2, 0) is 4.74 Å². The molecule has 1 aliphatic heterocycles. The topological polar surface area (TPSA) is 95.3 Å². The van der Waals surface area contributed by atoms with Gasteiger partial charge in [-0.1, -0.05) is 6.07 Å². The number of carbonyl (C=O) groups is 1. The van der Waals surface area contributed by atoms with Gasteiger partial charge in [0.15, 0.2) is 0 Å². The first-order chi connectivity index (χ1) is 11.7. The number of fused-ring (bicyclic) bond motifs is 1. The maximum Gasteiger partial charge on any atom is 0.336 e. The van der Waals surface area contributed by atoms with Crippen LogP contribution in [0.25, 0.3) is 16.6 Å². The summed E-state index contributed by atoms with van der Waals surface area (Å²) in [7, 11) is 0. The first kappa shape index (κ1) is 16.1. The number of aromatic carboxylic acids is 1. The predicted molar refractivity (Wildman–Crippen MR) is 92.2 cm³/mol. The molecular weight excluding hydrogens is 306 g/mol. The Morgan fingerprint density at radius 2 is 2.25 bits per heavy atom. The minimum atomic E-state index is -0.985. The maximum atomic E-state index is 11.4. The van der Waals surface area contributed by atoms with E-state index in [1.54, 1.807) is 18.2 Å². The highest BCUT2D eigenvalue weighted by molar-refractivity contribution is 6.03. The number of carboxylic acids is 1. The quantitative estimate of drug-likeness (QED) is 0.734. The Bertz CT molecular complexity index is 795. The summed E-state index contributed by atoms with van der Waals surface area (Å²) in [4.78, 5) is 15.6. The largest absolute Gasteiger partial charge is 0.478 e. The van der Waals surface area contributed by atoms with Gasteiger partial charge in [-0.2, -0.15) is 0 Å². The van der Waals surface area contributed by atoms with E-state index in [9.17, 15) is 9.90 Å². The van der Waals surface area contributed by atoms with E-state index in [0.29, 0.717) is 10.9 Å². The number of nitrogens with zero attached hydrogens (tertiary/aromatic N) is 1. The van der Waals surface area contributed by atoms with E-state index in [-0.39, 0.29) is 11.8 Å². The average molecular weight is 325 g/mol. The zero-order chi connectivity index (χ0) is 16.9. The Morgan fingerprint density at radius 1 is 1.38 bits per heavy atom. The number of ether oxygens (including phenoxy) is 1. The van der Waals surface area contributed by atoms with Crippen LogP contribution in [0.1, 0.15) is 35.2 Å². The van der Waals surface area contributed by atoms with Crippen molar-refractivity contribution in [1.82, 2.24) is 10.3 Å². The van der Waals surface area contributed by atoms with Gasteiger partial charge in [0.2, 0.25) is 0 Å². The van der Waals surface area contributed by atoms with Crippen molar-refractivity contribution in [3.8, 4) is 0 Å². The molecule has 3 N–H and O–H groups in total. The smallest absolute Gasteiger partial charge is 0.336 e. The number of hydrogen-bond donors (Lipinski definition) is 3. The molecule has 6 nitrogen and oxygen atoms in total. The number of allylic oxidation sites excluding steroid dienone is 1. The standard InChI is InChI=1S/C18H19N3O3/c19-8-6-15(21-17-3-1-2-10-24-17)12-4-5-16-14(11-12)13(18(22)23)7-9-20-16/h4-9,11,17,19,21H,1-3,10H2,(H,22,23)/b15-6-,19-8?. The summed E-state index contributed by atoms with van der Waals surface area (Å²) < 4.78 is 5.69. The van der Waals surface area contributed by atoms with Crippen molar-refractivity contribution in [2.75, 3.05) is 6.61 Å². The normalized spacial score (nSPS) is 18.3. The highest BCUT2D eigenvalue weighted by Crippen LogP contribution is 2.23. The summed E-state index contributed by atoms with van der Waals surface area (Å²) in [5.41, 5.74) is 2.38. The van der Waals surface area contributed by atoms with E-state index in [1.165, 1.54) is 18.5 Å². The summed E-state index contributed by atoms with van der Waals surface area (Å²) in [5.74, 6) is -0.985. The van der Waals surface area contributed by atoms with Crippen LogP contribution in [0.5, 0.6) is 0 Å². The number of pyridine rings is 1. The lowest BCUT2D eigenvalue weighted by Crippen LogP contribution is -2.33. The van der Waals surface area contributed by atoms with Crippen LogP contribution in [-0.4, -0.2) is 35.1 Å². The van der Waals surface area contributed by atoms with Gasteiger partial charge in [0, 0.05) is 30.1 Å². The van der Waals surface area contributed by atoms with Crippen molar-refractivity contribution in [1.29, 1.82) is 5.41 Å². The van der Waals surface area contributed by atoms with E-state index < -0.39 is 5.97 Å². The molecule has 1 saturated heterocycles. The summed E-state index contributed by atoms with van der Waals surface area (Å²) in [6.07, 6.45) is 7.32. The molecule has 6 heteroatoms. The molecule has 0 bridgehead atoms. The molecule has 0 amide bonds. The van der Waals surface area contributed by atoms with Crippen molar-refractivity contribution < 1.29 is 14.6 Å². The molecule has 2 aromatic rings. The van der Waals surface area contributed by atoms with Gasteiger partial charge in [-0.05, 0) is 49.1 Å². The summed E-state index contributed by atoms with van der Waals surface area (Å²) in [5, 5.41) is 20.6. The van der Waals surface area contributed by atoms with E-state index in [4.69, 9.17) is 10.1 Å².